The van der Waals surface area contributed by atoms with Crippen LogP contribution in [0.1, 0.15) is 73.4 Å². The first-order valence-corrected chi connectivity index (χ1v) is 10.1. The van der Waals surface area contributed by atoms with Gasteiger partial charge in [-0.3, -0.25) is 0 Å². The van der Waals surface area contributed by atoms with E-state index in [4.69, 9.17) is 9.47 Å². The van der Waals surface area contributed by atoms with Gasteiger partial charge in [0.1, 0.15) is 5.75 Å². The molecule has 0 amide bonds. The zero-order chi connectivity index (χ0) is 18.9. The van der Waals surface area contributed by atoms with Gasteiger partial charge in [0.2, 0.25) is 0 Å². The molecular formula is C21H37O2P. The van der Waals surface area contributed by atoms with Crippen LogP contribution in [0.4, 0.5) is 0 Å². The standard InChI is InChI=1S/C21H37O2P/c1-15-12-16(19(2,3)4)18(23-14-22-11)17(13-15)24(20(5,6)7)21(8,9)10/h12-13H,14H2,1-11H3. The molecule has 1 aromatic rings. The molecule has 0 aliphatic heterocycles. The zero-order valence-electron chi connectivity index (χ0n) is 17.6. The SMILES string of the molecule is COCOc1c(P(C(C)(C)C)C(C)(C)C)cc(C)cc1C(C)(C)C. The maximum Gasteiger partial charge on any atom is 0.188 e. The van der Waals surface area contributed by atoms with Crippen LogP contribution in [0.15, 0.2) is 12.1 Å². The van der Waals surface area contributed by atoms with E-state index in [0.717, 1.165) is 5.75 Å². The average Bonchev–Trinajstić information content (AvgIpc) is 2.32. The van der Waals surface area contributed by atoms with Gasteiger partial charge in [0.25, 0.3) is 0 Å². The fourth-order valence-corrected chi connectivity index (χ4v) is 7.65. The molecule has 0 saturated carbocycles. The lowest BCUT2D eigenvalue weighted by Gasteiger charge is -2.43. The van der Waals surface area contributed by atoms with Crippen molar-refractivity contribution in [1.29, 1.82) is 0 Å². The van der Waals surface area contributed by atoms with Crippen LogP contribution in [-0.2, 0) is 10.2 Å². The first kappa shape index (κ1) is 21.5. The highest BCUT2D eigenvalue weighted by Gasteiger charge is 2.39. The van der Waals surface area contributed by atoms with Crippen molar-refractivity contribution < 1.29 is 9.47 Å². The maximum atomic E-state index is 6.16. The molecule has 1 rings (SSSR count). The van der Waals surface area contributed by atoms with Crippen LogP contribution in [0.5, 0.6) is 5.75 Å². The maximum absolute atomic E-state index is 6.16. The van der Waals surface area contributed by atoms with Crippen LogP contribution in [0, 0.1) is 6.92 Å². The van der Waals surface area contributed by atoms with E-state index in [1.165, 1.54) is 16.4 Å². The number of rotatable bonds is 4. The molecule has 0 aromatic heterocycles. The molecule has 0 bridgehead atoms. The molecule has 0 N–H and O–H groups in total. The van der Waals surface area contributed by atoms with E-state index < -0.39 is 7.92 Å². The Morgan fingerprint density at radius 1 is 0.875 bits per heavy atom. The summed E-state index contributed by atoms with van der Waals surface area (Å²) in [6.07, 6.45) is 0. The number of aryl methyl sites for hydroxylation is 1. The van der Waals surface area contributed by atoms with Crippen molar-refractivity contribution in [2.45, 2.75) is 85.0 Å². The molecular weight excluding hydrogens is 315 g/mol. The third-order valence-corrected chi connectivity index (χ3v) is 7.42. The second-order valence-corrected chi connectivity index (χ2v) is 13.5. The quantitative estimate of drug-likeness (QED) is 0.490. The van der Waals surface area contributed by atoms with E-state index in [0.29, 0.717) is 0 Å². The summed E-state index contributed by atoms with van der Waals surface area (Å²) in [5, 5.41) is 1.76. The van der Waals surface area contributed by atoms with Gasteiger partial charge >= 0.3 is 0 Å². The third kappa shape index (κ3) is 5.20. The number of benzene rings is 1. The second kappa shape index (κ2) is 7.34. The number of ether oxygens (including phenoxy) is 2. The first-order chi connectivity index (χ1) is 10.7. The van der Waals surface area contributed by atoms with Crippen LogP contribution in [0.3, 0.4) is 0 Å². The van der Waals surface area contributed by atoms with E-state index >= 15 is 0 Å². The summed E-state index contributed by atoms with van der Waals surface area (Å²) in [7, 11) is 1.25. The van der Waals surface area contributed by atoms with Gasteiger partial charge in [-0.2, -0.15) is 0 Å². The first-order valence-electron chi connectivity index (χ1n) is 8.77. The van der Waals surface area contributed by atoms with Crippen molar-refractivity contribution in [3.05, 3.63) is 23.3 Å². The number of hydrogen-bond donors (Lipinski definition) is 0. The minimum Gasteiger partial charge on any atom is -0.467 e. The van der Waals surface area contributed by atoms with E-state index in [1.54, 1.807) is 7.11 Å². The fraction of sp³-hybridized carbons (Fsp3) is 0.714. The Morgan fingerprint density at radius 2 is 1.38 bits per heavy atom. The van der Waals surface area contributed by atoms with E-state index in [9.17, 15) is 0 Å². The molecule has 0 fully saturated rings. The van der Waals surface area contributed by atoms with E-state index in [1.807, 2.05) is 0 Å². The summed E-state index contributed by atoms with van der Waals surface area (Å²) in [6, 6.07) is 4.61. The lowest BCUT2D eigenvalue weighted by atomic mass is 9.85. The molecule has 0 unspecified atom stereocenters. The zero-order valence-corrected chi connectivity index (χ0v) is 18.5. The topological polar surface area (TPSA) is 18.5 Å². The highest BCUT2D eigenvalue weighted by Crippen LogP contribution is 2.60. The second-order valence-electron chi connectivity index (χ2n) is 9.64. The lowest BCUT2D eigenvalue weighted by Crippen LogP contribution is -2.33. The van der Waals surface area contributed by atoms with Crippen LogP contribution < -0.4 is 10.0 Å². The van der Waals surface area contributed by atoms with Crippen LogP contribution in [-0.4, -0.2) is 24.2 Å². The Labute approximate surface area is 151 Å². The van der Waals surface area contributed by atoms with Gasteiger partial charge in [0.05, 0.1) is 0 Å². The fourth-order valence-electron chi connectivity index (χ4n) is 3.48. The average molecular weight is 352 g/mol. The van der Waals surface area contributed by atoms with Gasteiger partial charge in [0, 0.05) is 18.0 Å². The molecule has 0 spiro atoms. The van der Waals surface area contributed by atoms with Gasteiger partial charge in [-0.25, -0.2) is 0 Å². The monoisotopic (exact) mass is 352 g/mol. The Morgan fingerprint density at radius 3 is 1.75 bits per heavy atom. The number of methoxy groups -OCH3 is 1. The van der Waals surface area contributed by atoms with Gasteiger partial charge in [-0.15, -0.1) is 0 Å². The molecule has 0 aliphatic carbocycles. The molecule has 3 heteroatoms. The van der Waals surface area contributed by atoms with Gasteiger partial charge in [0.15, 0.2) is 6.79 Å². The normalized spacial score (nSPS) is 13.5. The summed E-state index contributed by atoms with van der Waals surface area (Å²) in [4.78, 5) is 0. The molecule has 0 atom stereocenters. The summed E-state index contributed by atoms with van der Waals surface area (Å²) in [6.45, 7) is 23.3. The Bertz CT molecular complexity index is 543. The van der Waals surface area contributed by atoms with Crippen molar-refractivity contribution in [2.75, 3.05) is 13.9 Å². The molecule has 138 valence electrons. The Kier molecular flexibility index (Phi) is 6.56. The van der Waals surface area contributed by atoms with E-state index in [-0.39, 0.29) is 22.5 Å². The molecule has 0 aliphatic rings. The largest absolute Gasteiger partial charge is 0.467 e. The highest BCUT2D eigenvalue weighted by molar-refractivity contribution is 7.68. The summed E-state index contributed by atoms with van der Waals surface area (Å²) in [5.74, 6) is 1.03. The highest BCUT2D eigenvalue weighted by atomic mass is 31.1. The van der Waals surface area contributed by atoms with Crippen molar-refractivity contribution in [2.24, 2.45) is 0 Å². The van der Waals surface area contributed by atoms with Gasteiger partial charge < -0.3 is 9.47 Å². The molecule has 0 saturated heterocycles. The molecule has 2 nitrogen and oxygen atoms in total. The molecule has 1 aromatic carbocycles. The summed E-state index contributed by atoms with van der Waals surface area (Å²) < 4.78 is 11.4. The van der Waals surface area contributed by atoms with Crippen molar-refractivity contribution >= 4 is 13.2 Å². The Hall–Kier alpha value is -0.590. The van der Waals surface area contributed by atoms with Crippen LogP contribution in [0.25, 0.3) is 0 Å². The van der Waals surface area contributed by atoms with Gasteiger partial charge in [-0.1, -0.05) is 76.3 Å². The van der Waals surface area contributed by atoms with Crippen molar-refractivity contribution in [3.63, 3.8) is 0 Å². The smallest absolute Gasteiger partial charge is 0.188 e. The summed E-state index contributed by atoms with van der Waals surface area (Å²) >= 11 is 0. The Balaban J connectivity index is 3.74. The number of hydrogen-bond acceptors (Lipinski definition) is 2. The van der Waals surface area contributed by atoms with Gasteiger partial charge in [-0.05, 0) is 34.3 Å². The third-order valence-electron chi connectivity index (χ3n) is 3.93. The van der Waals surface area contributed by atoms with Crippen molar-refractivity contribution in [3.8, 4) is 5.75 Å². The molecule has 24 heavy (non-hydrogen) atoms. The minimum absolute atomic E-state index is 0.0284. The lowest BCUT2D eigenvalue weighted by molar-refractivity contribution is 0.0506. The molecule has 0 heterocycles. The summed E-state index contributed by atoms with van der Waals surface area (Å²) in [5.41, 5.74) is 2.61. The predicted molar refractivity (Wildman–Crippen MR) is 108 cm³/mol. The molecule has 0 radical (unpaired) electrons. The van der Waals surface area contributed by atoms with E-state index in [2.05, 4.69) is 81.4 Å². The minimum atomic E-state index is -0.435. The van der Waals surface area contributed by atoms with Crippen LogP contribution >= 0.6 is 7.92 Å². The predicted octanol–water partition coefficient (Wildman–Crippen LogP) is 5.98. The van der Waals surface area contributed by atoms with Crippen LogP contribution in [0.2, 0.25) is 0 Å². The van der Waals surface area contributed by atoms with Crippen molar-refractivity contribution in [1.82, 2.24) is 0 Å².